The third-order valence-corrected chi connectivity index (χ3v) is 2.56. The summed E-state index contributed by atoms with van der Waals surface area (Å²) in [7, 11) is 1.92. The number of aryl methyl sites for hydroxylation is 1. The monoisotopic (exact) mass is 261 g/mol. The van der Waals surface area contributed by atoms with E-state index in [9.17, 15) is 0 Å². The minimum atomic E-state index is 0. The van der Waals surface area contributed by atoms with E-state index in [0.29, 0.717) is 0 Å². The molecule has 0 amide bonds. The Balaban J connectivity index is 0.000000902. The predicted octanol–water partition coefficient (Wildman–Crippen LogP) is 0.0184. The fraction of sp³-hybridized carbons (Fsp3) is 0.0833. The lowest BCUT2D eigenvalue weighted by molar-refractivity contribution is 0.715. The molecule has 4 N–H and O–H groups in total. The summed E-state index contributed by atoms with van der Waals surface area (Å²) >= 11 is 0. The van der Waals surface area contributed by atoms with Gasteiger partial charge in [0.1, 0.15) is 5.69 Å². The standard InChI is InChI=1S/C12H11N5.2H2O/c1-16-8-7-13-12(16)17-9-11(14-15-17)10-5-3-2-4-6-10;;/h2-9H,1H3;2*1H2. The van der Waals surface area contributed by atoms with Gasteiger partial charge in [0.15, 0.2) is 0 Å². The third-order valence-electron chi connectivity index (χ3n) is 2.56. The number of aromatic nitrogens is 5. The first-order valence-electron chi connectivity index (χ1n) is 5.30. The minimum absolute atomic E-state index is 0. The van der Waals surface area contributed by atoms with Crippen LogP contribution in [0.2, 0.25) is 0 Å². The zero-order chi connectivity index (χ0) is 11.7. The molecule has 0 spiro atoms. The topological polar surface area (TPSA) is 112 Å². The van der Waals surface area contributed by atoms with Gasteiger partial charge in [0.25, 0.3) is 0 Å². The van der Waals surface area contributed by atoms with Gasteiger partial charge in [0, 0.05) is 25.0 Å². The summed E-state index contributed by atoms with van der Waals surface area (Å²) in [6, 6.07) is 9.95. The molecule has 3 rings (SSSR count). The zero-order valence-corrected chi connectivity index (χ0v) is 10.4. The normalized spacial score (nSPS) is 9.53. The molecule has 0 atom stereocenters. The molecule has 0 saturated heterocycles. The minimum Gasteiger partial charge on any atom is -0.412 e. The van der Waals surface area contributed by atoms with E-state index in [1.54, 1.807) is 10.9 Å². The van der Waals surface area contributed by atoms with Gasteiger partial charge in [-0.3, -0.25) is 0 Å². The Morgan fingerprint density at radius 2 is 1.79 bits per heavy atom. The maximum Gasteiger partial charge on any atom is 0.231 e. The number of benzene rings is 1. The van der Waals surface area contributed by atoms with Crippen molar-refractivity contribution in [1.29, 1.82) is 0 Å². The second-order valence-corrected chi connectivity index (χ2v) is 3.75. The molecule has 2 aromatic heterocycles. The van der Waals surface area contributed by atoms with Gasteiger partial charge in [-0.25, -0.2) is 4.98 Å². The second kappa shape index (κ2) is 5.89. The average Bonchev–Trinajstić information content (AvgIpc) is 2.98. The lowest BCUT2D eigenvalue weighted by atomic mass is 10.2. The fourth-order valence-corrected chi connectivity index (χ4v) is 1.68. The van der Waals surface area contributed by atoms with Crippen LogP contribution in [0.1, 0.15) is 0 Å². The van der Waals surface area contributed by atoms with Crippen LogP contribution in [0.15, 0.2) is 48.9 Å². The van der Waals surface area contributed by atoms with Gasteiger partial charge in [0.05, 0.1) is 6.20 Å². The first-order valence-corrected chi connectivity index (χ1v) is 5.30. The van der Waals surface area contributed by atoms with Crippen LogP contribution in [0.5, 0.6) is 0 Å². The molecule has 1 aromatic carbocycles. The summed E-state index contributed by atoms with van der Waals surface area (Å²) in [5.74, 6) is 0.750. The van der Waals surface area contributed by atoms with E-state index in [2.05, 4.69) is 15.3 Å². The van der Waals surface area contributed by atoms with Crippen LogP contribution >= 0.6 is 0 Å². The fourth-order valence-electron chi connectivity index (χ4n) is 1.68. The Labute approximate surface area is 109 Å². The Morgan fingerprint density at radius 3 is 2.42 bits per heavy atom. The molecule has 19 heavy (non-hydrogen) atoms. The molecule has 2 heterocycles. The van der Waals surface area contributed by atoms with Crippen LogP contribution in [0.3, 0.4) is 0 Å². The van der Waals surface area contributed by atoms with E-state index in [-0.39, 0.29) is 11.0 Å². The molecule has 3 aromatic rings. The van der Waals surface area contributed by atoms with Crippen LogP contribution in [-0.2, 0) is 7.05 Å². The van der Waals surface area contributed by atoms with Crippen LogP contribution in [0.4, 0.5) is 0 Å². The summed E-state index contributed by atoms with van der Waals surface area (Å²) in [5, 5.41) is 8.22. The van der Waals surface area contributed by atoms with E-state index in [1.165, 1.54) is 0 Å². The Kier molecular flexibility index (Phi) is 4.51. The van der Waals surface area contributed by atoms with Crippen molar-refractivity contribution < 1.29 is 11.0 Å². The molecule has 0 aliphatic heterocycles. The van der Waals surface area contributed by atoms with Crippen molar-refractivity contribution in [1.82, 2.24) is 24.5 Å². The van der Waals surface area contributed by atoms with Crippen molar-refractivity contribution in [3.05, 3.63) is 48.9 Å². The van der Waals surface area contributed by atoms with E-state index < -0.39 is 0 Å². The first-order chi connectivity index (χ1) is 8.34. The smallest absolute Gasteiger partial charge is 0.231 e. The maximum atomic E-state index is 4.22. The van der Waals surface area contributed by atoms with Crippen LogP contribution < -0.4 is 0 Å². The third kappa shape index (κ3) is 2.67. The number of hydrogen-bond acceptors (Lipinski definition) is 3. The Hall–Kier alpha value is -2.51. The molecular weight excluding hydrogens is 246 g/mol. The van der Waals surface area contributed by atoms with Gasteiger partial charge in [-0.1, -0.05) is 35.5 Å². The summed E-state index contributed by atoms with van der Waals surface area (Å²) < 4.78 is 3.56. The zero-order valence-electron chi connectivity index (χ0n) is 10.4. The summed E-state index contributed by atoms with van der Waals surface area (Å²) in [5.41, 5.74) is 1.89. The number of hydrogen-bond donors (Lipinski definition) is 0. The SMILES string of the molecule is Cn1ccnc1-n1cc(-c2ccccc2)nn1.O.O. The predicted molar refractivity (Wildman–Crippen MR) is 70.8 cm³/mol. The van der Waals surface area contributed by atoms with Gasteiger partial charge < -0.3 is 15.5 Å². The van der Waals surface area contributed by atoms with E-state index in [0.717, 1.165) is 17.2 Å². The Bertz CT molecular complexity index is 632. The van der Waals surface area contributed by atoms with Gasteiger partial charge in [-0.15, -0.1) is 5.10 Å². The largest absolute Gasteiger partial charge is 0.412 e. The van der Waals surface area contributed by atoms with Crippen molar-refractivity contribution in [3.63, 3.8) is 0 Å². The van der Waals surface area contributed by atoms with Gasteiger partial charge in [-0.2, -0.15) is 4.68 Å². The molecule has 0 saturated carbocycles. The number of rotatable bonds is 2. The van der Waals surface area contributed by atoms with Crippen LogP contribution in [-0.4, -0.2) is 35.5 Å². The van der Waals surface area contributed by atoms with Gasteiger partial charge >= 0.3 is 0 Å². The molecule has 0 unspecified atom stereocenters. The van der Waals surface area contributed by atoms with Crippen LogP contribution in [0.25, 0.3) is 17.2 Å². The summed E-state index contributed by atoms with van der Waals surface area (Å²) in [6.07, 6.45) is 5.48. The van der Waals surface area contributed by atoms with Crippen LogP contribution in [0, 0.1) is 0 Å². The number of nitrogens with zero attached hydrogens (tertiary/aromatic N) is 5. The maximum absolute atomic E-state index is 4.22. The quantitative estimate of drug-likeness (QED) is 0.648. The number of imidazole rings is 1. The highest BCUT2D eigenvalue weighted by atomic mass is 16.0. The molecule has 0 fully saturated rings. The highest BCUT2D eigenvalue weighted by Gasteiger charge is 2.07. The molecule has 0 bridgehead atoms. The van der Waals surface area contributed by atoms with Gasteiger partial charge in [-0.05, 0) is 0 Å². The molecule has 7 nitrogen and oxygen atoms in total. The van der Waals surface area contributed by atoms with Crippen molar-refractivity contribution in [3.8, 4) is 17.2 Å². The summed E-state index contributed by atoms with van der Waals surface area (Å²) in [4.78, 5) is 4.22. The van der Waals surface area contributed by atoms with E-state index in [4.69, 9.17) is 0 Å². The van der Waals surface area contributed by atoms with Crippen molar-refractivity contribution in [2.45, 2.75) is 0 Å². The highest BCUT2D eigenvalue weighted by molar-refractivity contribution is 5.57. The molecule has 7 heteroatoms. The molecule has 0 aliphatic carbocycles. The lowest BCUT2D eigenvalue weighted by Crippen LogP contribution is -2.03. The average molecular weight is 261 g/mol. The van der Waals surface area contributed by atoms with E-state index >= 15 is 0 Å². The highest BCUT2D eigenvalue weighted by Crippen LogP contribution is 2.16. The van der Waals surface area contributed by atoms with Crippen molar-refractivity contribution in [2.75, 3.05) is 0 Å². The molecule has 0 aliphatic rings. The van der Waals surface area contributed by atoms with Crippen molar-refractivity contribution >= 4 is 0 Å². The molecular formula is C12H15N5O2. The first kappa shape index (κ1) is 14.6. The van der Waals surface area contributed by atoms with Gasteiger partial charge in [0.2, 0.25) is 5.95 Å². The van der Waals surface area contributed by atoms with Crippen molar-refractivity contribution in [2.24, 2.45) is 7.05 Å². The molecule has 100 valence electrons. The van der Waals surface area contributed by atoms with E-state index in [1.807, 2.05) is 54.3 Å². The second-order valence-electron chi connectivity index (χ2n) is 3.75. The summed E-state index contributed by atoms with van der Waals surface area (Å²) in [6.45, 7) is 0. The molecule has 0 radical (unpaired) electrons. The lowest BCUT2D eigenvalue weighted by Gasteiger charge is -1.98. The Morgan fingerprint density at radius 1 is 1.05 bits per heavy atom.